The van der Waals surface area contributed by atoms with Crippen LogP contribution in [0.3, 0.4) is 0 Å². The van der Waals surface area contributed by atoms with E-state index in [1.807, 2.05) is 6.92 Å². The van der Waals surface area contributed by atoms with Crippen LogP contribution in [0.2, 0.25) is 5.02 Å². The van der Waals surface area contributed by atoms with Gasteiger partial charge in [0.1, 0.15) is 15.7 Å². The molecule has 1 unspecified atom stereocenters. The molecule has 0 amide bonds. The summed E-state index contributed by atoms with van der Waals surface area (Å²) in [6.45, 7) is 2.81. The first-order chi connectivity index (χ1) is 9.35. The van der Waals surface area contributed by atoms with Crippen molar-refractivity contribution in [2.45, 2.75) is 32.2 Å². The number of rotatable bonds is 8. The van der Waals surface area contributed by atoms with Gasteiger partial charge in [-0.2, -0.15) is 0 Å². The molecule has 6 heteroatoms. The Morgan fingerprint density at radius 1 is 1.40 bits per heavy atom. The highest BCUT2D eigenvalue weighted by Crippen LogP contribution is 2.28. The van der Waals surface area contributed by atoms with Gasteiger partial charge in [0.2, 0.25) is 0 Å². The maximum Gasteiger partial charge on any atom is 0.147 e. The molecule has 0 aromatic heterocycles. The fourth-order valence-corrected chi connectivity index (χ4v) is 2.97. The van der Waals surface area contributed by atoms with Gasteiger partial charge >= 0.3 is 0 Å². The highest BCUT2D eigenvalue weighted by Gasteiger charge is 2.17. The Morgan fingerprint density at radius 2 is 2.10 bits per heavy atom. The molecule has 0 aliphatic carbocycles. The van der Waals surface area contributed by atoms with Crippen molar-refractivity contribution in [1.29, 1.82) is 0 Å². The predicted molar refractivity (Wildman–Crippen MR) is 81.4 cm³/mol. The second-order valence-electron chi connectivity index (χ2n) is 4.92. The van der Waals surface area contributed by atoms with Crippen LogP contribution in [0.1, 0.15) is 37.8 Å². The summed E-state index contributed by atoms with van der Waals surface area (Å²) < 4.78 is 35.9. The summed E-state index contributed by atoms with van der Waals surface area (Å²) >= 11 is 6.00. The number of nitrogens with one attached hydrogen (secondary N) is 1. The smallest absolute Gasteiger partial charge is 0.147 e. The molecular weight excluding hydrogens is 301 g/mol. The second kappa shape index (κ2) is 7.96. The Bertz CT molecular complexity index is 534. The standard InChI is InChI=1S/C14H21ClFNO2S/c1-3-9-17-13(8-5-10-20(2,18)19)11-6-4-7-12(16)14(11)15/h4,6-7,13,17H,3,5,8-10H2,1-2H3. The molecular formula is C14H21ClFNO2S. The summed E-state index contributed by atoms with van der Waals surface area (Å²) in [6, 6.07) is 4.59. The largest absolute Gasteiger partial charge is 0.310 e. The monoisotopic (exact) mass is 321 g/mol. The molecule has 20 heavy (non-hydrogen) atoms. The summed E-state index contributed by atoms with van der Waals surface area (Å²) in [5.74, 6) is -0.319. The van der Waals surface area contributed by atoms with Crippen molar-refractivity contribution < 1.29 is 12.8 Å². The van der Waals surface area contributed by atoms with Crippen LogP contribution in [0.25, 0.3) is 0 Å². The van der Waals surface area contributed by atoms with Gasteiger partial charge in [-0.05, 0) is 37.4 Å². The van der Waals surface area contributed by atoms with E-state index in [1.165, 1.54) is 12.3 Å². The van der Waals surface area contributed by atoms with Gasteiger partial charge in [0.05, 0.1) is 5.02 Å². The lowest BCUT2D eigenvalue weighted by molar-refractivity contribution is 0.489. The van der Waals surface area contributed by atoms with Crippen molar-refractivity contribution in [1.82, 2.24) is 5.32 Å². The van der Waals surface area contributed by atoms with E-state index >= 15 is 0 Å². The van der Waals surface area contributed by atoms with E-state index in [1.54, 1.807) is 12.1 Å². The Kier molecular flexibility index (Phi) is 6.92. The fraction of sp³-hybridized carbons (Fsp3) is 0.571. The Balaban J connectivity index is 2.80. The van der Waals surface area contributed by atoms with Crippen molar-refractivity contribution in [3.05, 3.63) is 34.6 Å². The van der Waals surface area contributed by atoms with Crippen LogP contribution < -0.4 is 5.32 Å². The van der Waals surface area contributed by atoms with E-state index in [4.69, 9.17) is 11.6 Å². The van der Waals surface area contributed by atoms with Crippen LogP contribution in [-0.4, -0.2) is 27.0 Å². The number of sulfone groups is 1. The minimum Gasteiger partial charge on any atom is -0.310 e. The quantitative estimate of drug-likeness (QED) is 0.798. The first-order valence-corrected chi connectivity index (χ1v) is 9.14. The van der Waals surface area contributed by atoms with Crippen LogP contribution in [0.15, 0.2) is 18.2 Å². The van der Waals surface area contributed by atoms with Crippen LogP contribution in [0.4, 0.5) is 4.39 Å². The van der Waals surface area contributed by atoms with Gasteiger partial charge in [0.25, 0.3) is 0 Å². The molecule has 0 aliphatic heterocycles. The van der Waals surface area contributed by atoms with Gasteiger partial charge < -0.3 is 5.32 Å². The molecule has 0 radical (unpaired) electrons. The molecule has 1 aromatic rings. The van der Waals surface area contributed by atoms with Crippen molar-refractivity contribution in [2.75, 3.05) is 18.6 Å². The van der Waals surface area contributed by atoms with E-state index in [2.05, 4.69) is 5.32 Å². The maximum absolute atomic E-state index is 13.5. The third-order valence-electron chi connectivity index (χ3n) is 3.01. The predicted octanol–water partition coefficient (Wildman–Crippen LogP) is 3.34. The lowest BCUT2D eigenvalue weighted by Crippen LogP contribution is -2.23. The first-order valence-electron chi connectivity index (χ1n) is 6.70. The number of benzene rings is 1. The average Bonchev–Trinajstić information content (AvgIpc) is 2.36. The summed E-state index contributed by atoms with van der Waals surface area (Å²) in [7, 11) is -2.98. The minimum absolute atomic E-state index is 0.112. The van der Waals surface area contributed by atoms with Gasteiger partial charge in [-0.1, -0.05) is 30.7 Å². The van der Waals surface area contributed by atoms with E-state index in [0.29, 0.717) is 18.4 Å². The van der Waals surface area contributed by atoms with Crippen LogP contribution >= 0.6 is 11.6 Å². The molecule has 3 nitrogen and oxygen atoms in total. The SMILES string of the molecule is CCCNC(CCCS(C)(=O)=O)c1cccc(F)c1Cl. The van der Waals surface area contributed by atoms with Crippen molar-refractivity contribution >= 4 is 21.4 Å². The molecule has 0 saturated heterocycles. The van der Waals surface area contributed by atoms with E-state index in [-0.39, 0.29) is 16.8 Å². The Labute approximate surface area is 125 Å². The van der Waals surface area contributed by atoms with E-state index < -0.39 is 15.7 Å². The molecule has 1 N–H and O–H groups in total. The lowest BCUT2D eigenvalue weighted by Gasteiger charge is -2.20. The third-order valence-corrected chi connectivity index (χ3v) is 4.43. The molecule has 0 bridgehead atoms. The van der Waals surface area contributed by atoms with Crippen molar-refractivity contribution in [3.8, 4) is 0 Å². The summed E-state index contributed by atoms with van der Waals surface area (Å²) in [6.07, 6.45) is 3.29. The molecule has 1 aromatic carbocycles. The molecule has 0 aliphatic rings. The molecule has 0 saturated carbocycles. The van der Waals surface area contributed by atoms with Crippen molar-refractivity contribution in [3.63, 3.8) is 0 Å². The normalized spacial score (nSPS) is 13.4. The van der Waals surface area contributed by atoms with Crippen LogP contribution in [-0.2, 0) is 9.84 Å². The van der Waals surface area contributed by atoms with Crippen molar-refractivity contribution in [2.24, 2.45) is 0 Å². The lowest BCUT2D eigenvalue weighted by atomic mass is 10.0. The maximum atomic E-state index is 13.5. The molecule has 1 atom stereocenters. The molecule has 0 spiro atoms. The Morgan fingerprint density at radius 3 is 2.70 bits per heavy atom. The summed E-state index contributed by atoms with van der Waals surface area (Å²) in [4.78, 5) is 0. The van der Waals surface area contributed by atoms with Gasteiger partial charge in [0, 0.05) is 18.1 Å². The zero-order valence-electron chi connectivity index (χ0n) is 11.8. The van der Waals surface area contributed by atoms with Gasteiger partial charge in [-0.25, -0.2) is 12.8 Å². The highest BCUT2D eigenvalue weighted by atomic mass is 35.5. The third kappa shape index (κ3) is 5.77. The summed E-state index contributed by atoms with van der Waals surface area (Å²) in [5, 5.41) is 3.41. The fourth-order valence-electron chi connectivity index (χ4n) is 2.03. The molecule has 1 rings (SSSR count). The first kappa shape index (κ1) is 17.4. The molecule has 0 heterocycles. The highest BCUT2D eigenvalue weighted by molar-refractivity contribution is 7.90. The average molecular weight is 322 g/mol. The number of hydrogen-bond donors (Lipinski definition) is 1. The zero-order chi connectivity index (χ0) is 15.2. The van der Waals surface area contributed by atoms with E-state index in [0.717, 1.165) is 13.0 Å². The minimum atomic E-state index is -2.98. The zero-order valence-corrected chi connectivity index (χ0v) is 13.4. The number of halogens is 2. The summed E-state index contributed by atoms with van der Waals surface area (Å²) in [5.41, 5.74) is 0.689. The molecule has 114 valence electrons. The Hall–Kier alpha value is -0.650. The van der Waals surface area contributed by atoms with E-state index in [9.17, 15) is 12.8 Å². The van der Waals surface area contributed by atoms with Crippen LogP contribution in [0, 0.1) is 5.82 Å². The van der Waals surface area contributed by atoms with Crippen LogP contribution in [0.5, 0.6) is 0 Å². The van der Waals surface area contributed by atoms with Gasteiger partial charge in [0.15, 0.2) is 0 Å². The van der Waals surface area contributed by atoms with Gasteiger partial charge in [-0.15, -0.1) is 0 Å². The second-order valence-corrected chi connectivity index (χ2v) is 7.56. The number of hydrogen-bond acceptors (Lipinski definition) is 3. The van der Waals surface area contributed by atoms with Gasteiger partial charge in [-0.3, -0.25) is 0 Å². The topological polar surface area (TPSA) is 46.2 Å². The molecule has 0 fully saturated rings.